The van der Waals surface area contributed by atoms with Gasteiger partial charge in [-0.1, -0.05) is 0 Å². The molecule has 3 heteroatoms. The van der Waals surface area contributed by atoms with Crippen LogP contribution in [0.1, 0.15) is 27.2 Å². The van der Waals surface area contributed by atoms with Gasteiger partial charge < -0.3 is 10.1 Å². The molecule has 0 bridgehead atoms. The second-order valence-electron chi connectivity index (χ2n) is 4.49. The third kappa shape index (κ3) is 3.56. The Labute approximate surface area is 87.8 Å². The van der Waals surface area contributed by atoms with Crippen LogP contribution in [-0.4, -0.2) is 49.8 Å². The van der Waals surface area contributed by atoms with Crippen LogP contribution in [0.5, 0.6) is 0 Å². The fourth-order valence-corrected chi connectivity index (χ4v) is 1.98. The zero-order chi connectivity index (χ0) is 10.6. The van der Waals surface area contributed by atoms with Crippen molar-refractivity contribution < 1.29 is 4.74 Å². The van der Waals surface area contributed by atoms with Crippen molar-refractivity contribution in [2.75, 3.05) is 26.7 Å². The van der Waals surface area contributed by atoms with E-state index in [1.54, 1.807) is 7.11 Å². The van der Waals surface area contributed by atoms with Gasteiger partial charge >= 0.3 is 0 Å². The van der Waals surface area contributed by atoms with Crippen LogP contribution in [0.2, 0.25) is 0 Å². The van der Waals surface area contributed by atoms with Crippen LogP contribution in [0, 0.1) is 0 Å². The minimum atomic E-state index is 0.336. The third-order valence-electron chi connectivity index (χ3n) is 3.08. The second kappa shape index (κ2) is 5.69. The molecular weight excluding hydrogens is 176 g/mol. The second-order valence-corrected chi connectivity index (χ2v) is 4.49. The fraction of sp³-hybridized carbons (Fsp3) is 1.00. The molecule has 3 atom stereocenters. The van der Waals surface area contributed by atoms with E-state index in [1.165, 1.54) is 6.42 Å². The predicted octanol–water partition coefficient (Wildman–Crippen LogP) is 1.09. The number of ether oxygens (including phenoxy) is 1. The lowest BCUT2D eigenvalue weighted by molar-refractivity contribution is 0.0626. The summed E-state index contributed by atoms with van der Waals surface area (Å²) in [5, 5.41) is 3.51. The Bertz CT molecular complexity index is 163. The molecule has 0 aromatic rings. The molecule has 1 heterocycles. The van der Waals surface area contributed by atoms with Crippen molar-refractivity contribution >= 4 is 0 Å². The van der Waals surface area contributed by atoms with E-state index < -0.39 is 0 Å². The van der Waals surface area contributed by atoms with Crippen LogP contribution in [0.15, 0.2) is 0 Å². The van der Waals surface area contributed by atoms with E-state index in [1.807, 2.05) is 0 Å². The van der Waals surface area contributed by atoms with Crippen molar-refractivity contribution in [3.63, 3.8) is 0 Å². The van der Waals surface area contributed by atoms with E-state index in [4.69, 9.17) is 4.74 Å². The molecule has 84 valence electrons. The van der Waals surface area contributed by atoms with Crippen molar-refractivity contribution in [1.29, 1.82) is 0 Å². The molecule has 0 saturated carbocycles. The minimum Gasteiger partial charge on any atom is -0.380 e. The molecule has 1 rings (SSSR count). The van der Waals surface area contributed by atoms with Gasteiger partial charge in [0.15, 0.2) is 0 Å². The fourth-order valence-electron chi connectivity index (χ4n) is 1.98. The first-order valence-electron chi connectivity index (χ1n) is 5.63. The van der Waals surface area contributed by atoms with Gasteiger partial charge in [-0.15, -0.1) is 0 Å². The Morgan fingerprint density at radius 1 is 1.50 bits per heavy atom. The van der Waals surface area contributed by atoms with E-state index in [0.717, 1.165) is 19.6 Å². The Hall–Kier alpha value is -0.120. The lowest BCUT2D eigenvalue weighted by atomic mass is 10.2. The molecule has 0 aromatic carbocycles. The van der Waals surface area contributed by atoms with Gasteiger partial charge in [-0.05, 0) is 33.7 Å². The van der Waals surface area contributed by atoms with E-state index in [-0.39, 0.29) is 0 Å². The molecule has 1 aliphatic heterocycles. The quantitative estimate of drug-likeness (QED) is 0.738. The summed E-state index contributed by atoms with van der Waals surface area (Å²) in [6.45, 7) is 10.0. The van der Waals surface area contributed by atoms with Gasteiger partial charge in [0.25, 0.3) is 0 Å². The van der Waals surface area contributed by atoms with Crippen LogP contribution in [-0.2, 0) is 4.74 Å². The summed E-state index contributed by atoms with van der Waals surface area (Å²) in [7, 11) is 1.79. The average molecular weight is 200 g/mol. The maximum absolute atomic E-state index is 5.32. The molecular formula is C11H24N2O. The van der Waals surface area contributed by atoms with E-state index in [0.29, 0.717) is 18.2 Å². The Morgan fingerprint density at radius 2 is 2.21 bits per heavy atom. The topological polar surface area (TPSA) is 24.5 Å². The van der Waals surface area contributed by atoms with Crippen LogP contribution in [0.25, 0.3) is 0 Å². The van der Waals surface area contributed by atoms with Crippen LogP contribution >= 0.6 is 0 Å². The number of nitrogens with zero attached hydrogens (tertiary/aromatic N) is 1. The lowest BCUT2D eigenvalue weighted by Crippen LogP contribution is -2.42. The highest BCUT2D eigenvalue weighted by Crippen LogP contribution is 2.10. The normalized spacial score (nSPS) is 32.6. The van der Waals surface area contributed by atoms with Crippen LogP contribution in [0.4, 0.5) is 0 Å². The molecule has 14 heavy (non-hydrogen) atoms. The van der Waals surface area contributed by atoms with Gasteiger partial charge in [-0.25, -0.2) is 0 Å². The Kier molecular flexibility index (Phi) is 4.85. The number of rotatable bonds is 3. The molecule has 0 radical (unpaired) electrons. The third-order valence-corrected chi connectivity index (χ3v) is 3.08. The first-order valence-corrected chi connectivity index (χ1v) is 5.63. The van der Waals surface area contributed by atoms with Crippen LogP contribution in [0.3, 0.4) is 0 Å². The zero-order valence-electron chi connectivity index (χ0n) is 9.92. The maximum atomic E-state index is 5.32. The van der Waals surface area contributed by atoms with Crippen LogP contribution < -0.4 is 5.32 Å². The molecule has 3 nitrogen and oxygen atoms in total. The first-order chi connectivity index (χ1) is 6.63. The number of hydrogen-bond donors (Lipinski definition) is 1. The molecule has 1 saturated heterocycles. The van der Waals surface area contributed by atoms with E-state index in [9.17, 15) is 0 Å². The van der Waals surface area contributed by atoms with E-state index >= 15 is 0 Å². The smallest absolute Gasteiger partial charge is 0.0670 e. The van der Waals surface area contributed by atoms with Crippen molar-refractivity contribution in [3.05, 3.63) is 0 Å². The maximum Gasteiger partial charge on any atom is 0.0670 e. The van der Waals surface area contributed by atoms with Crippen molar-refractivity contribution in [2.45, 2.75) is 45.4 Å². The largest absolute Gasteiger partial charge is 0.380 e. The van der Waals surface area contributed by atoms with Crippen molar-refractivity contribution in [2.24, 2.45) is 0 Å². The molecule has 1 fully saturated rings. The standard InChI is InChI=1S/C11H24N2O/c1-9-7-13(8-11(3)14-4)10(2)5-6-12-9/h9-12H,5-8H2,1-4H3. The summed E-state index contributed by atoms with van der Waals surface area (Å²) in [6.07, 6.45) is 1.57. The molecule has 3 unspecified atom stereocenters. The predicted molar refractivity (Wildman–Crippen MR) is 59.6 cm³/mol. The molecule has 0 aromatic heterocycles. The molecule has 0 spiro atoms. The monoisotopic (exact) mass is 200 g/mol. The molecule has 1 aliphatic rings. The van der Waals surface area contributed by atoms with Gasteiger partial charge in [0.05, 0.1) is 6.10 Å². The van der Waals surface area contributed by atoms with Gasteiger partial charge in [0.2, 0.25) is 0 Å². The van der Waals surface area contributed by atoms with Gasteiger partial charge in [-0.3, -0.25) is 4.90 Å². The average Bonchev–Trinajstić information content (AvgIpc) is 2.29. The summed E-state index contributed by atoms with van der Waals surface area (Å²) >= 11 is 0. The highest BCUT2D eigenvalue weighted by Gasteiger charge is 2.21. The van der Waals surface area contributed by atoms with Crippen molar-refractivity contribution in [3.8, 4) is 0 Å². The SMILES string of the molecule is COC(C)CN1CC(C)NCCC1C. The number of hydrogen-bond acceptors (Lipinski definition) is 3. The highest BCUT2D eigenvalue weighted by atomic mass is 16.5. The van der Waals surface area contributed by atoms with Gasteiger partial charge in [0, 0.05) is 32.3 Å². The molecule has 0 amide bonds. The van der Waals surface area contributed by atoms with Gasteiger partial charge in [-0.2, -0.15) is 0 Å². The lowest BCUT2D eigenvalue weighted by Gasteiger charge is -2.30. The van der Waals surface area contributed by atoms with Gasteiger partial charge in [0.1, 0.15) is 0 Å². The highest BCUT2D eigenvalue weighted by molar-refractivity contribution is 4.79. The van der Waals surface area contributed by atoms with E-state index in [2.05, 4.69) is 31.0 Å². The first kappa shape index (κ1) is 12.0. The number of nitrogens with one attached hydrogen (secondary N) is 1. The molecule has 1 N–H and O–H groups in total. The summed E-state index contributed by atoms with van der Waals surface area (Å²) < 4.78 is 5.32. The summed E-state index contributed by atoms with van der Waals surface area (Å²) in [4.78, 5) is 2.53. The minimum absolute atomic E-state index is 0.336. The Balaban J connectivity index is 2.45. The summed E-state index contributed by atoms with van der Waals surface area (Å²) in [6, 6.07) is 1.27. The number of methoxy groups -OCH3 is 1. The Morgan fingerprint density at radius 3 is 2.86 bits per heavy atom. The molecule has 0 aliphatic carbocycles. The zero-order valence-corrected chi connectivity index (χ0v) is 9.92. The summed E-state index contributed by atoms with van der Waals surface area (Å²) in [5.74, 6) is 0. The summed E-state index contributed by atoms with van der Waals surface area (Å²) in [5.41, 5.74) is 0. The van der Waals surface area contributed by atoms with Crippen molar-refractivity contribution in [1.82, 2.24) is 10.2 Å².